The molecule has 4 atom stereocenters. The van der Waals surface area contributed by atoms with Crippen molar-refractivity contribution in [2.75, 3.05) is 5.75 Å². The summed E-state index contributed by atoms with van der Waals surface area (Å²) in [5.74, 6) is 6.93. The molecule has 4 nitrogen and oxygen atoms in total. The van der Waals surface area contributed by atoms with Crippen LogP contribution in [0.3, 0.4) is 0 Å². The second kappa shape index (κ2) is 7.02. The van der Waals surface area contributed by atoms with Gasteiger partial charge in [-0.2, -0.15) is 28.6 Å². The molecule has 0 aliphatic carbocycles. The summed E-state index contributed by atoms with van der Waals surface area (Å²) >= 11 is 4.09. The summed E-state index contributed by atoms with van der Waals surface area (Å²) in [5, 5.41) is 6.32. The van der Waals surface area contributed by atoms with Gasteiger partial charge >= 0.3 is 0 Å². The van der Waals surface area contributed by atoms with Crippen molar-refractivity contribution in [1.29, 1.82) is 0 Å². The highest BCUT2D eigenvalue weighted by Crippen LogP contribution is 2.40. The van der Waals surface area contributed by atoms with Gasteiger partial charge in [-0.05, 0) is 6.42 Å². The van der Waals surface area contributed by atoms with Gasteiger partial charge in [0.1, 0.15) is 0 Å². The molecule has 0 radical (unpaired) electrons. The van der Waals surface area contributed by atoms with Gasteiger partial charge in [-0.15, -0.1) is 0 Å². The second-order valence-electron chi connectivity index (χ2n) is 5.10. The first kappa shape index (κ1) is 15.2. The van der Waals surface area contributed by atoms with Crippen LogP contribution in [-0.2, 0) is 6.54 Å². The average molecular weight is 300 g/mol. The summed E-state index contributed by atoms with van der Waals surface area (Å²) in [6.45, 7) is 7.75. The lowest BCUT2D eigenvalue weighted by molar-refractivity contribution is 0.546. The fraction of sp³-hybridized carbons (Fsp3) is 0.769. The van der Waals surface area contributed by atoms with Crippen molar-refractivity contribution in [2.24, 2.45) is 5.84 Å². The van der Waals surface area contributed by atoms with E-state index in [-0.39, 0.29) is 6.04 Å². The molecule has 1 aromatic rings. The number of rotatable bonds is 5. The van der Waals surface area contributed by atoms with Crippen LogP contribution in [0.5, 0.6) is 0 Å². The summed E-state index contributed by atoms with van der Waals surface area (Å²) in [6, 6.07) is 0.193. The lowest BCUT2D eigenvalue weighted by Gasteiger charge is -2.35. The molecule has 3 N–H and O–H groups in total. The molecule has 0 aromatic carbocycles. The van der Waals surface area contributed by atoms with Crippen LogP contribution in [0, 0.1) is 0 Å². The molecule has 0 bridgehead atoms. The van der Waals surface area contributed by atoms with E-state index in [4.69, 9.17) is 5.84 Å². The Morgan fingerprint density at radius 2 is 2.32 bits per heavy atom. The zero-order valence-corrected chi connectivity index (χ0v) is 13.5. The molecule has 108 valence electrons. The fourth-order valence-corrected chi connectivity index (χ4v) is 5.39. The first-order valence-electron chi connectivity index (χ1n) is 6.91. The molecule has 6 heteroatoms. The van der Waals surface area contributed by atoms with Crippen LogP contribution in [-0.4, -0.2) is 31.3 Å². The number of nitrogens with one attached hydrogen (secondary N) is 1. The lowest BCUT2D eigenvalue weighted by Crippen LogP contribution is -2.40. The number of hydrogen-bond acceptors (Lipinski definition) is 5. The zero-order chi connectivity index (χ0) is 13.8. The SMILES string of the molecule is CCCn1cc(C(NN)C2CSC(C)C(C)S2)cn1. The van der Waals surface area contributed by atoms with E-state index in [2.05, 4.69) is 37.5 Å². The molecule has 1 saturated heterocycles. The summed E-state index contributed by atoms with van der Waals surface area (Å²) in [5.41, 5.74) is 4.20. The summed E-state index contributed by atoms with van der Waals surface area (Å²) in [4.78, 5) is 0. The Morgan fingerprint density at radius 3 is 2.95 bits per heavy atom. The average Bonchev–Trinajstić information content (AvgIpc) is 2.83. The van der Waals surface area contributed by atoms with E-state index in [9.17, 15) is 0 Å². The number of nitrogens with zero attached hydrogens (tertiary/aromatic N) is 2. The van der Waals surface area contributed by atoms with E-state index in [1.54, 1.807) is 0 Å². The number of nitrogens with two attached hydrogens (primary N) is 1. The minimum atomic E-state index is 0.193. The van der Waals surface area contributed by atoms with Crippen molar-refractivity contribution in [3.63, 3.8) is 0 Å². The van der Waals surface area contributed by atoms with E-state index in [1.807, 2.05) is 34.4 Å². The number of aromatic nitrogens is 2. The Balaban J connectivity index is 2.06. The van der Waals surface area contributed by atoms with Crippen molar-refractivity contribution in [3.05, 3.63) is 18.0 Å². The molecule has 0 saturated carbocycles. The predicted octanol–water partition coefficient (Wildman–Crippen LogP) is 2.42. The first-order valence-corrected chi connectivity index (χ1v) is 8.90. The molecule has 19 heavy (non-hydrogen) atoms. The Kier molecular flexibility index (Phi) is 5.62. The topological polar surface area (TPSA) is 55.9 Å². The van der Waals surface area contributed by atoms with E-state index in [1.165, 1.54) is 5.56 Å². The molecule has 1 aliphatic heterocycles. The van der Waals surface area contributed by atoms with Gasteiger partial charge in [-0.25, -0.2) is 0 Å². The monoisotopic (exact) mass is 300 g/mol. The Morgan fingerprint density at radius 1 is 1.53 bits per heavy atom. The van der Waals surface area contributed by atoms with Crippen LogP contribution in [0.4, 0.5) is 0 Å². The van der Waals surface area contributed by atoms with Gasteiger partial charge in [0.25, 0.3) is 0 Å². The Hall–Kier alpha value is -0.170. The minimum absolute atomic E-state index is 0.193. The fourth-order valence-electron chi connectivity index (χ4n) is 2.29. The Bertz CT molecular complexity index is 396. The minimum Gasteiger partial charge on any atom is -0.272 e. The Labute approximate surface area is 124 Å². The van der Waals surface area contributed by atoms with E-state index in [0.717, 1.165) is 24.0 Å². The highest BCUT2D eigenvalue weighted by molar-refractivity contribution is 8.07. The van der Waals surface area contributed by atoms with Crippen LogP contribution < -0.4 is 11.3 Å². The van der Waals surface area contributed by atoms with E-state index in [0.29, 0.717) is 10.5 Å². The maximum atomic E-state index is 5.79. The highest BCUT2D eigenvalue weighted by atomic mass is 32.2. The molecule has 0 amide bonds. The van der Waals surface area contributed by atoms with E-state index >= 15 is 0 Å². The number of aryl methyl sites for hydroxylation is 1. The first-order chi connectivity index (χ1) is 9.15. The molecule has 4 unspecified atom stereocenters. The maximum absolute atomic E-state index is 5.79. The van der Waals surface area contributed by atoms with Gasteiger partial charge in [0, 0.05) is 39.8 Å². The van der Waals surface area contributed by atoms with Crippen LogP contribution in [0.2, 0.25) is 0 Å². The molecular formula is C13H24N4S2. The third-order valence-electron chi connectivity index (χ3n) is 3.59. The van der Waals surface area contributed by atoms with Crippen LogP contribution >= 0.6 is 23.5 Å². The third kappa shape index (κ3) is 3.68. The normalized spacial score (nSPS) is 29.4. The second-order valence-corrected chi connectivity index (χ2v) is 8.13. The predicted molar refractivity (Wildman–Crippen MR) is 85.3 cm³/mol. The van der Waals surface area contributed by atoms with Gasteiger partial charge in [-0.1, -0.05) is 20.8 Å². The molecule has 1 aromatic heterocycles. The molecule has 2 heterocycles. The van der Waals surface area contributed by atoms with Crippen molar-refractivity contribution < 1.29 is 0 Å². The quantitative estimate of drug-likeness (QED) is 0.646. The van der Waals surface area contributed by atoms with Crippen LogP contribution in [0.25, 0.3) is 0 Å². The third-order valence-corrected chi connectivity index (χ3v) is 7.09. The van der Waals surface area contributed by atoms with Gasteiger partial charge in [-0.3, -0.25) is 16.0 Å². The number of hydrazine groups is 1. The smallest absolute Gasteiger partial charge is 0.0617 e. The van der Waals surface area contributed by atoms with Gasteiger partial charge in [0.15, 0.2) is 0 Å². The van der Waals surface area contributed by atoms with Gasteiger partial charge < -0.3 is 0 Å². The highest BCUT2D eigenvalue weighted by Gasteiger charge is 2.32. The number of thioether (sulfide) groups is 2. The summed E-state index contributed by atoms with van der Waals surface area (Å²) < 4.78 is 2.01. The van der Waals surface area contributed by atoms with Crippen molar-refractivity contribution in [1.82, 2.24) is 15.2 Å². The van der Waals surface area contributed by atoms with E-state index < -0.39 is 0 Å². The van der Waals surface area contributed by atoms with Gasteiger partial charge in [0.2, 0.25) is 0 Å². The zero-order valence-electron chi connectivity index (χ0n) is 11.9. The maximum Gasteiger partial charge on any atom is 0.0617 e. The molecule has 1 aliphatic rings. The molecular weight excluding hydrogens is 276 g/mol. The van der Waals surface area contributed by atoms with Gasteiger partial charge in [0.05, 0.1) is 12.2 Å². The standard InChI is InChI=1S/C13H24N4S2/c1-4-5-17-7-11(6-15-17)13(16-14)12-8-18-9(2)10(3)19-12/h6-7,9-10,12-13,16H,4-5,8,14H2,1-3H3. The van der Waals surface area contributed by atoms with Crippen LogP contribution in [0.1, 0.15) is 38.8 Å². The van der Waals surface area contributed by atoms with Crippen molar-refractivity contribution in [2.45, 2.75) is 55.5 Å². The number of hydrogen-bond donors (Lipinski definition) is 2. The molecule has 2 rings (SSSR count). The summed E-state index contributed by atoms with van der Waals surface area (Å²) in [6.07, 6.45) is 5.18. The lowest BCUT2D eigenvalue weighted by atomic mass is 10.1. The van der Waals surface area contributed by atoms with Crippen molar-refractivity contribution >= 4 is 23.5 Å². The summed E-state index contributed by atoms with van der Waals surface area (Å²) in [7, 11) is 0. The van der Waals surface area contributed by atoms with Crippen molar-refractivity contribution in [3.8, 4) is 0 Å². The molecule has 0 spiro atoms. The molecule has 1 fully saturated rings. The largest absolute Gasteiger partial charge is 0.272 e. The van der Waals surface area contributed by atoms with Crippen LogP contribution in [0.15, 0.2) is 12.4 Å².